The average Bonchev–Trinajstić information content (AvgIpc) is 3.04. The van der Waals surface area contributed by atoms with Gasteiger partial charge in [-0.1, -0.05) is 60.7 Å². The Morgan fingerprint density at radius 2 is 1.80 bits per heavy atom. The number of carbonyl (C=O) groups is 2. The van der Waals surface area contributed by atoms with Crippen LogP contribution >= 0.6 is 0 Å². The van der Waals surface area contributed by atoms with Gasteiger partial charge in [0.05, 0.1) is 18.6 Å². The van der Waals surface area contributed by atoms with Crippen LogP contribution in [0.1, 0.15) is 30.5 Å². The first-order valence-corrected chi connectivity index (χ1v) is 8.45. The van der Waals surface area contributed by atoms with Gasteiger partial charge in [-0.05, 0) is 18.1 Å². The van der Waals surface area contributed by atoms with E-state index < -0.39 is 0 Å². The second kappa shape index (κ2) is 7.94. The number of likely N-dealkylation sites (tertiary alicyclic amines) is 1. The molecule has 0 saturated carbocycles. The molecule has 3 rings (SSSR count). The molecule has 2 aromatic carbocycles. The van der Waals surface area contributed by atoms with Gasteiger partial charge in [-0.25, -0.2) is 5.48 Å². The largest absolute Gasteiger partial charge is 0.335 e. The molecule has 0 bridgehead atoms. The lowest BCUT2D eigenvalue weighted by molar-refractivity contribution is -0.138. The Hall–Kier alpha value is -2.66. The third-order valence-corrected chi connectivity index (χ3v) is 4.53. The lowest BCUT2D eigenvalue weighted by Crippen LogP contribution is -2.33. The fourth-order valence-corrected chi connectivity index (χ4v) is 3.04. The van der Waals surface area contributed by atoms with Gasteiger partial charge in [0.1, 0.15) is 0 Å². The quantitative estimate of drug-likeness (QED) is 0.824. The molecule has 0 aromatic heterocycles. The summed E-state index contributed by atoms with van der Waals surface area (Å²) in [5.41, 5.74) is 4.52. The maximum Gasteiger partial charge on any atom is 0.248 e. The summed E-state index contributed by atoms with van der Waals surface area (Å²) < 4.78 is 0. The molecule has 0 aliphatic carbocycles. The zero-order chi connectivity index (χ0) is 17.6. The van der Waals surface area contributed by atoms with Crippen molar-refractivity contribution in [2.45, 2.75) is 26.0 Å². The summed E-state index contributed by atoms with van der Waals surface area (Å²) in [5, 5.41) is 0. The highest BCUT2D eigenvalue weighted by Gasteiger charge is 2.37. The topological polar surface area (TPSA) is 58.6 Å². The van der Waals surface area contributed by atoms with Crippen molar-refractivity contribution >= 4 is 11.8 Å². The lowest BCUT2D eigenvalue weighted by Gasteiger charge is -2.25. The molecule has 1 fully saturated rings. The molecule has 2 atom stereocenters. The number of nitrogens with one attached hydrogen (secondary N) is 1. The molecule has 2 aromatic rings. The highest BCUT2D eigenvalue weighted by atomic mass is 16.6. The van der Waals surface area contributed by atoms with Crippen LogP contribution in [0.4, 0.5) is 0 Å². The van der Waals surface area contributed by atoms with Crippen molar-refractivity contribution in [2.24, 2.45) is 5.92 Å². The molecular weight excluding hydrogens is 316 g/mol. The Morgan fingerprint density at radius 1 is 1.16 bits per heavy atom. The van der Waals surface area contributed by atoms with Gasteiger partial charge in [0.25, 0.3) is 0 Å². The Bertz CT molecular complexity index is 718. The van der Waals surface area contributed by atoms with E-state index in [1.54, 1.807) is 4.90 Å². The number of benzene rings is 2. The summed E-state index contributed by atoms with van der Waals surface area (Å²) in [4.78, 5) is 31.6. The number of amides is 2. The lowest BCUT2D eigenvalue weighted by atomic mass is 10.1. The van der Waals surface area contributed by atoms with Crippen LogP contribution in [0.3, 0.4) is 0 Å². The molecule has 1 N–H and O–H groups in total. The molecule has 1 aliphatic heterocycles. The molecule has 5 heteroatoms. The summed E-state index contributed by atoms with van der Waals surface area (Å²) in [6.07, 6.45) is 0.220. The summed E-state index contributed by atoms with van der Waals surface area (Å²) >= 11 is 0. The first kappa shape index (κ1) is 17.2. The molecule has 1 saturated heterocycles. The van der Waals surface area contributed by atoms with Crippen molar-refractivity contribution in [3.63, 3.8) is 0 Å². The standard InChI is InChI=1S/C20H22N2O3/c1-15(17-10-6-3-7-11-17)22-13-18(12-19(22)23)20(24)21-25-14-16-8-4-2-5-9-16/h2-11,15,18H,12-14H2,1H3,(H,21,24). The third kappa shape index (κ3) is 4.25. The van der Waals surface area contributed by atoms with Crippen LogP contribution in [-0.4, -0.2) is 23.3 Å². The predicted octanol–water partition coefficient (Wildman–Crippen LogP) is 2.84. The summed E-state index contributed by atoms with van der Waals surface area (Å²) in [5.74, 6) is -0.624. The second-order valence-corrected chi connectivity index (χ2v) is 6.27. The summed E-state index contributed by atoms with van der Waals surface area (Å²) in [6.45, 7) is 2.70. The van der Waals surface area contributed by atoms with Crippen molar-refractivity contribution < 1.29 is 14.4 Å². The normalized spacial score (nSPS) is 18.2. The summed E-state index contributed by atoms with van der Waals surface area (Å²) in [6, 6.07) is 19.4. The predicted molar refractivity (Wildman–Crippen MR) is 94.1 cm³/mol. The van der Waals surface area contributed by atoms with Crippen molar-refractivity contribution in [2.75, 3.05) is 6.54 Å². The van der Waals surface area contributed by atoms with Gasteiger partial charge in [0.15, 0.2) is 0 Å². The molecule has 130 valence electrons. The minimum Gasteiger partial charge on any atom is -0.335 e. The Balaban J connectivity index is 1.52. The minimum absolute atomic E-state index is 0.000405. The molecule has 2 unspecified atom stereocenters. The van der Waals surface area contributed by atoms with E-state index in [-0.39, 0.29) is 30.2 Å². The van der Waals surface area contributed by atoms with Crippen molar-refractivity contribution in [3.8, 4) is 0 Å². The number of nitrogens with zero attached hydrogens (tertiary/aromatic N) is 1. The third-order valence-electron chi connectivity index (χ3n) is 4.53. The van der Waals surface area contributed by atoms with E-state index in [9.17, 15) is 9.59 Å². The first-order chi connectivity index (χ1) is 12.1. The van der Waals surface area contributed by atoms with Crippen LogP contribution < -0.4 is 5.48 Å². The van der Waals surface area contributed by atoms with Gasteiger partial charge >= 0.3 is 0 Å². The number of rotatable bonds is 6. The van der Waals surface area contributed by atoms with E-state index >= 15 is 0 Å². The Kier molecular flexibility index (Phi) is 5.46. The second-order valence-electron chi connectivity index (χ2n) is 6.27. The van der Waals surface area contributed by atoms with E-state index in [1.165, 1.54) is 0 Å². The van der Waals surface area contributed by atoms with Crippen LogP contribution in [-0.2, 0) is 21.0 Å². The number of hydrogen-bond acceptors (Lipinski definition) is 3. The summed E-state index contributed by atoms with van der Waals surface area (Å²) in [7, 11) is 0. The van der Waals surface area contributed by atoms with Crippen LogP contribution in [0.2, 0.25) is 0 Å². The SMILES string of the molecule is CC(c1ccccc1)N1CC(C(=O)NOCc2ccccc2)CC1=O. The van der Waals surface area contributed by atoms with E-state index in [0.717, 1.165) is 11.1 Å². The van der Waals surface area contributed by atoms with Crippen LogP contribution in [0.5, 0.6) is 0 Å². The van der Waals surface area contributed by atoms with Gasteiger partial charge in [-0.15, -0.1) is 0 Å². The molecule has 5 nitrogen and oxygen atoms in total. The van der Waals surface area contributed by atoms with E-state index in [1.807, 2.05) is 67.6 Å². The minimum atomic E-state index is -0.380. The van der Waals surface area contributed by atoms with Crippen LogP contribution in [0.25, 0.3) is 0 Å². The highest BCUT2D eigenvalue weighted by Crippen LogP contribution is 2.28. The fraction of sp³-hybridized carbons (Fsp3) is 0.300. The maximum atomic E-state index is 12.3. The number of hydroxylamine groups is 1. The molecule has 25 heavy (non-hydrogen) atoms. The average molecular weight is 338 g/mol. The Labute approximate surface area is 147 Å². The maximum absolute atomic E-state index is 12.3. The van der Waals surface area contributed by atoms with Crippen LogP contribution in [0, 0.1) is 5.92 Å². The van der Waals surface area contributed by atoms with Gasteiger partial charge in [0, 0.05) is 13.0 Å². The monoisotopic (exact) mass is 338 g/mol. The molecule has 0 radical (unpaired) electrons. The van der Waals surface area contributed by atoms with E-state index in [0.29, 0.717) is 13.2 Å². The molecule has 1 heterocycles. The van der Waals surface area contributed by atoms with Gasteiger partial charge in [0.2, 0.25) is 11.8 Å². The van der Waals surface area contributed by atoms with Crippen molar-refractivity contribution in [3.05, 3.63) is 71.8 Å². The first-order valence-electron chi connectivity index (χ1n) is 8.45. The number of hydrogen-bond donors (Lipinski definition) is 1. The zero-order valence-corrected chi connectivity index (χ0v) is 14.2. The zero-order valence-electron chi connectivity index (χ0n) is 14.2. The van der Waals surface area contributed by atoms with Crippen molar-refractivity contribution in [1.82, 2.24) is 10.4 Å². The molecular formula is C20H22N2O3. The van der Waals surface area contributed by atoms with Gasteiger partial charge in [-0.2, -0.15) is 0 Å². The van der Waals surface area contributed by atoms with E-state index in [2.05, 4.69) is 5.48 Å². The van der Waals surface area contributed by atoms with E-state index in [4.69, 9.17) is 4.84 Å². The van der Waals surface area contributed by atoms with Crippen LogP contribution in [0.15, 0.2) is 60.7 Å². The highest BCUT2D eigenvalue weighted by molar-refractivity contribution is 5.89. The molecule has 2 amide bonds. The Morgan fingerprint density at radius 3 is 2.48 bits per heavy atom. The van der Waals surface area contributed by atoms with Gasteiger partial charge < -0.3 is 4.90 Å². The smallest absolute Gasteiger partial charge is 0.248 e. The fourth-order valence-electron chi connectivity index (χ4n) is 3.04. The van der Waals surface area contributed by atoms with Crippen molar-refractivity contribution in [1.29, 1.82) is 0 Å². The molecule has 0 spiro atoms. The number of carbonyl (C=O) groups excluding carboxylic acids is 2. The molecule has 1 aliphatic rings. The van der Waals surface area contributed by atoms with Gasteiger partial charge in [-0.3, -0.25) is 14.4 Å².